The van der Waals surface area contributed by atoms with E-state index in [1.807, 2.05) is 0 Å². The Bertz CT molecular complexity index is 2470. The van der Waals surface area contributed by atoms with Crippen molar-refractivity contribution in [1.29, 1.82) is 0 Å². The summed E-state index contributed by atoms with van der Waals surface area (Å²) in [6, 6.07) is 56.6. The van der Waals surface area contributed by atoms with Gasteiger partial charge in [-0.2, -0.15) is 0 Å². The summed E-state index contributed by atoms with van der Waals surface area (Å²) >= 11 is 0. The summed E-state index contributed by atoms with van der Waals surface area (Å²) in [4.78, 5) is 5.51. The summed E-state index contributed by atoms with van der Waals surface area (Å²) in [7, 11) is 0. The van der Waals surface area contributed by atoms with Gasteiger partial charge in [0, 0.05) is 21.7 Å². The summed E-state index contributed by atoms with van der Waals surface area (Å²) in [6.45, 7) is 0. The average Bonchev–Trinajstić information content (AvgIpc) is 3.50. The molecule has 0 aliphatic rings. The van der Waals surface area contributed by atoms with E-state index in [4.69, 9.17) is 4.98 Å². The Morgan fingerprint density at radius 3 is 1.58 bits per heavy atom. The van der Waals surface area contributed by atoms with Crippen LogP contribution in [0, 0.1) is 0 Å². The van der Waals surface area contributed by atoms with Gasteiger partial charge in [-0.25, -0.2) is 4.98 Å². The van der Waals surface area contributed by atoms with Crippen molar-refractivity contribution in [3.63, 3.8) is 0 Å². The highest BCUT2D eigenvalue weighted by molar-refractivity contribution is 6.26. The molecule has 0 aliphatic carbocycles. The predicted molar refractivity (Wildman–Crippen MR) is 182 cm³/mol. The number of aromatic nitrogens is 2. The number of benzene rings is 7. The van der Waals surface area contributed by atoms with Crippen LogP contribution in [0.4, 0.5) is 0 Å². The second-order valence-corrected chi connectivity index (χ2v) is 11.1. The molecule has 0 saturated carbocycles. The standard InChI is InChI=1S/C41H26N2/c1-4-14-27(15-5-1)30-24-25-35-36(26-30)37(28-16-6-2-7-17-28)39(29-18-8-3-9-19-29)43-40-34-23-13-11-21-32(34)31-20-10-12-22-33(31)38(40)42-41(35)43/h1-26H. The monoisotopic (exact) mass is 546 g/mol. The molecule has 0 bridgehead atoms. The SMILES string of the molecule is c1ccc(-c2ccc3c(c2)c(-c2ccccc2)c(-c2ccccc2)n2c3nc3c4ccccc4c4ccccc4c32)cc1. The summed E-state index contributed by atoms with van der Waals surface area (Å²) < 4.78 is 2.44. The molecule has 2 nitrogen and oxygen atoms in total. The van der Waals surface area contributed by atoms with E-state index in [1.54, 1.807) is 0 Å². The summed E-state index contributed by atoms with van der Waals surface area (Å²) in [5.41, 5.74) is 10.3. The van der Waals surface area contributed by atoms with Gasteiger partial charge >= 0.3 is 0 Å². The first-order valence-electron chi connectivity index (χ1n) is 14.7. The summed E-state index contributed by atoms with van der Waals surface area (Å²) in [6.07, 6.45) is 0. The fraction of sp³-hybridized carbons (Fsp3) is 0. The third-order valence-electron chi connectivity index (χ3n) is 8.74. The Labute approximate surface area is 249 Å². The van der Waals surface area contributed by atoms with Crippen LogP contribution in [-0.2, 0) is 0 Å². The molecule has 0 amide bonds. The molecular formula is C41H26N2. The lowest BCUT2D eigenvalue weighted by molar-refractivity contribution is 1.25. The normalized spacial score (nSPS) is 11.7. The molecule has 2 heteroatoms. The molecule has 200 valence electrons. The molecule has 2 heterocycles. The molecule has 0 radical (unpaired) electrons. The Hall–Kier alpha value is -5.73. The minimum absolute atomic E-state index is 0.977. The van der Waals surface area contributed by atoms with E-state index in [9.17, 15) is 0 Å². The molecule has 2 aromatic heterocycles. The van der Waals surface area contributed by atoms with E-state index in [2.05, 4.69) is 162 Å². The molecule has 0 atom stereocenters. The number of hydrogen-bond acceptors (Lipinski definition) is 1. The lowest BCUT2D eigenvalue weighted by atomic mass is 9.91. The maximum atomic E-state index is 5.51. The van der Waals surface area contributed by atoms with Gasteiger partial charge in [-0.1, -0.05) is 146 Å². The number of nitrogens with zero attached hydrogens (tertiary/aromatic N) is 2. The number of pyridine rings is 1. The van der Waals surface area contributed by atoms with Crippen molar-refractivity contribution in [3.05, 3.63) is 158 Å². The van der Waals surface area contributed by atoms with Gasteiger partial charge in [-0.15, -0.1) is 0 Å². The molecule has 0 unspecified atom stereocenters. The molecule has 0 N–H and O–H groups in total. The molecule has 9 rings (SSSR count). The van der Waals surface area contributed by atoms with Crippen molar-refractivity contribution < 1.29 is 0 Å². The van der Waals surface area contributed by atoms with Crippen LogP contribution in [0.25, 0.3) is 82.5 Å². The number of fused-ring (bicyclic) bond motifs is 10. The highest BCUT2D eigenvalue weighted by atomic mass is 15.0. The zero-order chi connectivity index (χ0) is 28.3. The van der Waals surface area contributed by atoms with Crippen LogP contribution in [0.3, 0.4) is 0 Å². The van der Waals surface area contributed by atoms with Crippen LogP contribution in [0.1, 0.15) is 0 Å². The van der Waals surface area contributed by atoms with E-state index in [0.29, 0.717) is 0 Å². The van der Waals surface area contributed by atoms with Crippen LogP contribution in [0.2, 0.25) is 0 Å². The Morgan fingerprint density at radius 1 is 0.372 bits per heavy atom. The maximum absolute atomic E-state index is 5.51. The zero-order valence-electron chi connectivity index (χ0n) is 23.4. The van der Waals surface area contributed by atoms with Gasteiger partial charge in [-0.3, -0.25) is 4.40 Å². The van der Waals surface area contributed by atoms with Gasteiger partial charge in [-0.05, 0) is 50.5 Å². The fourth-order valence-electron chi connectivity index (χ4n) is 6.87. The summed E-state index contributed by atoms with van der Waals surface area (Å²) in [5, 5.41) is 7.20. The average molecular weight is 547 g/mol. The first-order valence-corrected chi connectivity index (χ1v) is 14.7. The molecular weight excluding hydrogens is 520 g/mol. The molecule has 0 saturated heterocycles. The fourth-order valence-corrected chi connectivity index (χ4v) is 6.87. The smallest absolute Gasteiger partial charge is 0.146 e. The second-order valence-electron chi connectivity index (χ2n) is 11.1. The van der Waals surface area contributed by atoms with Gasteiger partial charge in [0.2, 0.25) is 0 Å². The van der Waals surface area contributed by atoms with Gasteiger partial charge in [0.05, 0.1) is 16.7 Å². The highest BCUT2D eigenvalue weighted by Crippen LogP contribution is 2.45. The van der Waals surface area contributed by atoms with E-state index in [1.165, 1.54) is 49.2 Å². The molecule has 9 aromatic rings. The molecule has 7 aromatic carbocycles. The van der Waals surface area contributed by atoms with E-state index in [0.717, 1.165) is 33.3 Å². The zero-order valence-corrected chi connectivity index (χ0v) is 23.4. The van der Waals surface area contributed by atoms with Gasteiger partial charge in [0.15, 0.2) is 0 Å². The highest BCUT2D eigenvalue weighted by Gasteiger charge is 2.23. The van der Waals surface area contributed by atoms with Gasteiger partial charge in [0.1, 0.15) is 5.65 Å². The van der Waals surface area contributed by atoms with Crippen LogP contribution in [-0.4, -0.2) is 9.38 Å². The molecule has 0 aliphatic heterocycles. The van der Waals surface area contributed by atoms with Crippen molar-refractivity contribution in [2.75, 3.05) is 0 Å². The minimum Gasteiger partial charge on any atom is -0.290 e. The minimum atomic E-state index is 0.977. The van der Waals surface area contributed by atoms with Gasteiger partial charge < -0.3 is 0 Å². The largest absolute Gasteiger partial charge is 0.290 e. The van der Waals surface area contributed by atoms with Crippen molar-refractivity contribution in [1.82, 2.24) is 9.38 Å². The van der Waals surface area contributed by atoms with E-state index >= 15 is 0 Å². The predicted octanol–water partition coefficient (Wildman–Crippen LogP) is 10.9. The summed E-state index contributed by atoms with van der Waals surface area (Å²) in [5.74, 6) is 0. The first-order chi connectivity index (χ1) is 21.4. The molecule has 0 spiro atoms. The Balaban J connectivity index is 1.59. The van der Waals surface area contributed by atoms with Crippen LogP contribution in [0.15, 0.2) is 158 Å². The van der Waals surface area contributed by atoms with Crippen molar-refractivity contribution in [3.8, 4) is 33.5 Å². The lowest BCUT2D eigenvalue weighted by Crippen LogP contribution is -1.99. The molecule has 0 fully saturated rings. The third-order valence-corrected chi connectivity index (χ3v) is 8.74. The van der Waals surface area contributed by atoms with Gasteiger partial charge in [0.25, 0.3) is 0 Å². The third kappa shape index (κ3) is 3.57. The van der Waals surface area contributed by atoms with Crippen LogP contribution >= 0.6 is 0 Å². The maximum Gasteiger partial charge on any atom is 0.146 e. The van der Waals surface area contributed by atoms with Crippen LogP contribution in [0.5, 0.6) is 0 Å². The first kappa shape index (κ1) is 23.9. The van der Waals surface area contributed by atoms with Crippen molar-refractivity contribution in [2.24, 2.45) is 0 Å². The lowest BCUT2D eigenvalue weighted by Gasteiger charge is -2.19. The number of hydrogen-bond donors (Lipinski definition) is 0. The molecule has 43 heavy (non-hydrogen) atoms. The number of rotatable bonds is 3. The van der Waals surface area contributed by atoms with Crippen LogP contribution < -0.4 is 0 Å². The topological polar surface area (TPSA) is 17.3 Å². The number of imidazole rings is 1. The van der Waals surface area contributed by atoms with Crippen molar-refractivity contribution in [2.45, 2.75) is 0 Å². The van der Waals surface area contributed by atoms with Crippen molar-refractivity contribution >= 4 is 49.0 Å². The van der Waals surface area contributed by atoms with E-state index in [-0.39, 0.29) is 0 Å². The quantitative estimate of drug-likeness (QED) is 0.201. The Kier molecular flexibility index (Phi) is 5.23. The Morgan fingerprint density at radius 2 is 0.907 bits per heavy atom. The van der Waals surface area contributed by atoms with E-state index < -0.39 is 0 Å². The second kappa shape index (κ2) is 9.40.